The van der Waals surface area contributed by atoms with Gasteiger partial charge in [-0.05, 0) is 57.7 Å². The number of nitrogens with zero attached hydrogens (tertiary/aromatic N) is 1. The van der Waals surface area contributed by atoms with Crippen molar-refractivity contribution in [3.63, 3.8) is 0 Å². The molecule has 1 saturated carbocycles. The summed E-state index contributed by atoms with van der Waals surface area (Å²) in [5.74, 6) is 0.0613. The number of carbonyl (C=O) groups is 1. The van der Waals surface area contributed by atoms with Crippen molar-refractivity contribution in [3.8, 4) is 0 Å². The van der Waals surface area contributed by atoms with Gasteiger partial charge in [-0.1, -0.05) is 12.1 Å². The number of hydrogen-bond donors (Lipinski definition) is 0. The van der Waals surface area contributed by atoms with E-state index in [1.54, 1.807) is 0 Å². The van der Waals surface area contributed by atoms with Crippen LogP contribution in [0.25, 0.3) is 0 Å². The Morgan fingerprint density at radius 3 is 2.00 bits per heavy atom. The number of alkyl halides is 3. The molecule has 0 saturated heterocycles. The summed E-state index contributed by atoms with van der Waals surface area (Å²) in [7, 11) is 0. The molecule has 122 valence electrons. The molecule has 1 aromatic rings. The van der Waals surface area contributed by atoms with Gasteiger partial charge in [-0.15, -0.1) is 0 Å². The van der Waals surface area contributed by atoms with Crippen LogP contribution in [0.1, 0.15) is 51.2 Å². The molecule has 0 heterocycles. The van der Waals surface area contributed by atoms with E-state index in [1.165, 1.54) is 12.1 Å². The fraction of sp³-hybridized carbons (Fsp3) is 0.588. The Balaban J connectivity index is 2.07. The molecule has 1 fully saturated rings. The van der Waals surface area contributed by atoms with Gasteiger partial charge in [0.25, 0.3) is 0 Å². The molecular weight excluding hydrogens is 291 g/mol. The molecule has 2 rings (SSSR count). The zero-order valence-electron chi connectivity index (χ0n) is 13.3. The summed E-state index contributed by atoms with van der Waals surface area (Å²) in [4.78, 5) is 14.4. The molecule has 1 amide bonds. The van der Waals surface area contributed by atoms with E-state index >= 15 is 0 Å². The Morgan fingerprint density at radius 2 is 1.59 bits per heavy atom. The van der Waals surface area contributed by atoms with E-state index in [1.807, 2.05) is 32.6 Å². The monoisotopic (exact) mass is 313 g/mol. The van der Waals surface area contributed by atoms with E-state index in [2.05, 4.69) is 0 Å². The van der Waals surface area contributed by atoms with Crippen LogP contribution in [0.5, 0.6) is 0 Å². The van der Waals surface area contributed by atoms with E-state index in [4.69, 9.17) is 0 Å². The minimum atomic E-state index is -4.32. The van der Waals surface area contributed by atoms with E-state index < -0.39 is 11.7 Å². The van der Waals surface area contributed by atoms with Crippen molar-refractivity contribution >= 4 is 5.91 Å². The van der Waals surface area contributed by atoms with E-state index in [-0.39, 0.29) is 29.8 Å². The molecule has 22 heavy (non-hydrogen) atoms. The molecular formula is C17H22F3NO. The van der Waals surface area contributed by atoms with Crippen LogP contribution in [0.2, 0.25) is 0 Å². The van der Waals surface area contributed by atoms with Crippen molar-refractivity contribution in [2.75, 3.05) is 0 Å². The molecule has 0 bridgehead atoms. The number of hydrogen-bond acceptors (Lipinski definition) is 1. The average Bonchev–Trinajstić information content (AvgIpc) is 3.17. The third kappa shape index (κ3) is 3.45. The van der Waals surface area contributed by atoms with Gasteiger partial charge in [0.1, 0.15) is 0 Å². The summed E-state index contributed by atoms with van der Waals surface area (Å²) in [6.07, 6.45) is -3.59. The van der Waals surface area contributed by atoms with Crippen LogP contribution in [0.15, 0.2) is 24.3 Å². The van der Waals surface area contributed by atoms with Crippen molar-refractivity contribution in [3.05, 3.63) is 35.4 Å². The summed E-state index contributed by atoms with van der Waals surface area (Å²) in [6, 6.07) is 5.43. The van der Waals surface area contributed by atoms with E-state index in [0.29, 0.717) is 0 Å². The van der Waals surface area contributed by atoms with Crippen molar-refractivity contribution in [1.82, 2.24) is 4.90 Å². The van der Waals surface area contributed by atoms with Crippen LogP contribution in [0.3, 0.4) is 0 Å². The topological polar surface area (TPSA) is 20.3 Å². The second-order valence-electron chi connectivity index (χ2n) is 6.50. The molecule has 2 atom stereocenters. The molecule has 2 nitrogen and oxygen atoms in total. The van der Waals surface area contributed by atoms with Crippen LogP contribution in [-0.4, -0.2) is 22.9 Å². The highest BCUT2D eigenvalue weighted by Crippen LogP contribution is 2.49. The lowest BCUT2D eigenvalue weighted by Gasteiger charge is -2.31. The average molecular weight is 313 g/mol. The first-order valence-electron chi connectivity index (χ1n) is 7.62. The van der Waals surface area contributed by atoms with Crippen molar-refractivity contribution in [1.29, 1.82) is 0 Å². The lowest BCUT2D eigenvalue weighted by Crippen LogP contribution is -2.43. The maximum Gasteiger partial charge on any atom is 0.416 e. The highest BCUT2D eigenvalue weighted by Gasteiger charge is 2.46. The lowest BCUT2D eigenvalue weighted by molar-refractivity contribution is -0.138. The van der Waals surface area contributed by atoms with E-state index in [9.17, 15) is 18.0 Å². The van der Waals surface area contributed by atoms with Gasteiger partial charge in [-0.2, -0.15) is 13.2 Å². The van der Waals surface area contributed by atoms with Gasteiger partial charge >= 0.3 is 6.18 Å². The number of amides is 1. The molecule has 0 unspecified atom stereocenters. The normalized spacial score (nSPS) is 21.3. The summed E-state index contributed by atoms with van der Waals surface area (Å²) in [6.45, 7) is 7.92. The summed E-state index contributed by atoms with van der Waals surface area (Å²) >= 11 is 0. The van der Waals surface area contributed by atoms with Crippen molar-refractivity contribution < 1.29 is 18.0 Å². The molecule has 0 radical (unpaired) electrons. The maximum absolute atomic E-state index is 12.6. The predicted octanol–water partition coefficient (Wildman–Crippen LogP) is 4.45. The Kier molecular flexibility index (Phi) is 4.54. The van der Waals surface area contributed by atoms with Crippen LogP contribution in [0, 0.1) is 5.92 Å². The quantitative estimate of drug-likeness (QED) is 0.804. The van der Waals surface area contributed by atoms with Gasteiger partial charge in [0.15, 0.2) is 0 Å². The number of halogens is 3. The predicted molar refractivity (Wildman–Crippen MR) is 79.4 cm³/mol. The largest absolute Gasteiger partial charge is 0.416 e. The smallest absolute Gasteiger partial charge is 0.338 e. The highest BCUT2D eigenvalue weighted by molar-refractivity contribution is 5.83. The Labute approximate surface area is 129 Å². The minimum absolute atomic E-state index is 0.0507. The first kappa shape index (κ1) is 16.8. The number of benzene rings is 1. The standard InChI is InChI=1S/C17H22F3NO/c1-10(2)21(11(3)4)16(22)15-9-14(15)12-5-7-13(8-6-12)17(18,19)20/h5-8,10-11,14-15H,9H2,1-4H3/t14-,15-/m0/s1. The van der Waals surface area contributed by atoms with Gasteiger partial charge in [-0.25, -0.2) is 0 Å². The van der Waals surface area contributed by atoms with Crippen molar-refractivity contribution in [2.24, 2.45) is 5.92 Å². The first-order valence-corrected chi connectivity index (χ1v) is 7.62. The highest BCUT2D eigenvalue weighted by atomic mass is 19.4. The van der Waals surface area contributed by atoms with Gasteiger partial charge in [0.05, 0.1) is 5.56 Å². The Hall–Kier alpha value is -1.52. The number of rotatable bonds is 4. The van der Waals surface area contributed by atoms with Crippen LogP contribution < -0.4 is 0 Å². The number of carbonyl (C=O) groups excluding carboxylic acids is 1. The molecule has 0 N–H and O–H groups in total. The maximum atomic E-state index is 12.6. The third-order valence-corrected chi connectivity index (χ3v) is 4.14. The molecule has 1 aromatic carbocycles. The molecule has 1 aliphatic carbocycles. The zero-order chi connectivity index (χ0) is 16.7. The first-order chi connectivity index (χ1) is 10.1. The summed E-state index contributed by atoms with van der Waals surface area (Å²) in [5, 5.41) is 0. The van der Waals surface area contributed by atoms with Gasteiger partial charge in [0.2, 0.25) is 5.91 Å². The van der Waals surface area contributed by atoms with Gasteiger partial charge in [-0.3, -0.25) is 4.79 Å². The molecule has 0 spiro atoms. The van der Waals surface area contributed by atoms with Gasteiger partial charge in [0, 0.05) is 18.0 Å². The third-order valence-electron chi connectivity index (χ3n) is 4.14. The fourth-order valence-electron chi connectivity index (χ4n) is 3.05. The van der Waals surface area contributed by atoms with Crippen molar-refractivity contribution in [2.45, 2.75) is 58.3 Å². The zero-order valence-corrected chi connectivity index (χ0v) is 13.3. The molecule has 0 aliphatic heterocycles. The lowest BCUT2D eigenvalue weighted by atomic mass is 10.1. The molecule has 5 heteroatoms. The Bertz CT molecular complexity index is 526. The second-order valence-corrected chi connectivity index (χ2v) is 6.50. The van der Waals surface area contributed by atoms with Crippen LogP contribution in [-0.2, 0) is 11.0 Å². The fourth-order valence-corrected chi connectivity index (χ4v) is 3.05. The second kappa shape index (κ2) is 5.94. The minimum Gasteiger partial charge on any atom is -0.338 e. The molecule has 1 aliphatic rings. The summed E-state index contributed by atoms with van der Waals surface area (Å²) in [5.41, 5.74) is 0.171. The van der Waals surface area contributed by atoms with Crippen LogP contribution in [0.4, 0.5) is 13.2 Å². The van der Waals surface area contributed by atoms with Gasteiger partial charge < -0.3 is 4.90 Å². The summed E-state index contributed by atoms with van der Waals surface area (Å²) < 4.78 is 37.7. The SMILES string of the molecule is CC(C)N(C(=O)[C@H]1C[C@H]1c1ccc(C(F)(F)F)cc1)C(C)C. The Morgan fingerprint density at radius 1 is 1.09 bits per heavy atom. The molecule has 0 aromatic heterocycles. The van der Waals surface area contributed by atoms with Crippen LogP contribution >= 0.6 is 0 Å². The van der Waals surface area contributed by atoms with E-state index in [0.717, 1.165) is 24.1 Å².